The highest BCUT2D eigenvalue weighted by molar-refractivity contribution is 5.81. The Morgan fingerprint density at radius 3 is 2.73 bits per heavy atom. The molecule has 1 aliphatic heterocycles. The zero-order chi connectivity index (χ0) is 18.3. The minimum Gasteiger partial charge on any atom is -0.337 e. The van der Waals surface area contributed by atoms with Gasteiger partial charge in [-0.2, -0.15) is 0 Å². The second-order valence-corrected chi connectivity index (χ2v) is 7.79. The van der Waals surface area contributed by atoms with Crippen LogP contribution in [0.1, 0.15) is 37.8 Å². The van der Waals surface area contributed by atoms with Gasteiger partial charge in [-0.3, -0.25) is 14.5 Å². The monoisotopic (exact) mass is 353 g/mol. The number of nitrogens with one attached hydrogen (secondary N) is 1. The Bertz CT molecular complexity index is 884. The number of amides is 1. The summed E-state index contributed by atoms with van der Waals surface area (Å²) in [6, 6.07) is 8.58. The van der Waals surface area contributed by atoms with Gasteiger partial charge in [-0.25, -0.2) is 0 Å². The van der Waals surface area contributed by atoms with Gasteiger partial charge >= 0.3 is 0 Å². The third-order valence-electron chi connectivity index (χ3n) is 5.70. The third-order valence-corrected chi connectivity index (χ3v) is 5.70. The maximum Gasteiger partial charge on any atom is 0.251 e. The van der Waals surface area contributed by atoms with Crippen molar-refractivity contribution in [3.8, 4) is 0 Å². The van der Waals surface area contributed by atoms with E-state index in [-0.39, 0.29) is 11.6 Å². The van der Waals surface area contributed by atoms with Crippen molar-refractivity contribution in [2.75, 3.05) is 19.6 Å². The normalized spacial score (nSPS) is 21.3. The van der Waals surface area contributed by atoms with Crippen molar-refractivity contribution >= 4 is 16.8 Å². The first-order chi connectivity index (χ1) is 12.5. The number of hydrogen-bond donors (Lipinski definition) is 1. The zero-order valence-corrected chi connectivity index (χ0v) is 15.6. The number of carbonyl (C=O) groups excluding carboxylic acids is 1. The molecule has 1 aliphatic carbocycles. The number of fused-ring (bicyclic) bond motifs is 1. The summed E-state index contributed by atoms with van der Waals surface area (Å²) in [5.41, 5.74) is 2.94. The summed E-state index contributed by atoms with van der Waals surface area (Å²) in [7, 11) is 0. The van der Waals surface area contributed by atoms with Crippen LogP contribution in [0.3, 0.4) is 0 Å². The summed E-state index contributed by atoms with van der Waals surface area (Å²) in [6.07, 6.45) is 2.89. The maximum absolute atomic E-state index is 12.3. The molecule has 2 heterocycles. The van der Waals surface area contributed by atoms with Crippen LogP contribution in [0.15, 0.2) is 29.1 Å². The van der Waals surface area contributed by atoms with Gasteiger partial charge in [0.05, 0.1) is 0 Å². The third kappa shape index (κ3) is 3.40. The molecule has 0 unspecified atom stereocenters. The van der Waals surface area contributed by atoms with Gasteiger partial charge in [0.15, 0.2) is 0 Å². The highest BCUT2D eigenvalue weighted by atomic mass is 16.2. The van der Waals surface area contributed by atoms with Crippen molar-refractivity contribution < 1.29 is 4.79 Å². The lowest BCUT2D eigenvalue weighted by Crippen LogP contribution is -2.54. The first-order valence-corrected chi connectivity index (χ1v) is 9.73. The lowest BCUT2D eigenvalue weighted by Gasteiger charge is -2.40. The molecule has 138 valence electrons. The minimum absolute atomic E-state index is 0.0120. The Balaban J connectivity index is 1.45. The van der Waals surface area contributed by atoms with Gasteiger partial charge in [0.25, 0.3) is 5.56 Å². The van der Waals surface area contributed by atoms with Crippen LogP contribution in [0.5, 0.6) is 0 Å². The van der Waals surface area contributed by atoms with Crippen LogP contribution in [-0.4, -0.2) is 46.4 Å². The zero-order valence-electron chi connectivity index (χ0n) is 15.6. The average Bonchev–Trinajstić information content (AvgIpc) is 3.46. The number of carbonyl (C=O) groups is 1. The molecule has 2 aliphatic rings. The molecule has 26 heavy (non-hydrogen) atoms. The SMILES string of the molecule is CCc1cc2ccc(CN3CCN(C(=O)C4CC4)[C@@H](C)C3)cc2[nH]c1=O. The Morgan fingerprint density at radius 1 is 1.23 bits per heavy atom. The summed E-state index contributed by atoms with van der Waals surface area (Å²) in [5.74, 6) is 0.654. The van der Waals surface area contributed by atoms with Gasteiger partial charge in [-0.05, 0) is 49.3 Å². The second kappa shape index (κ2) is 6.88. The summed E-state index contributed by atoms with van der Waals surface area (Å²) >= 11 is 0. The number of nitrogens with zero attached hydrogens (tertiary/aromatic N) is 2. The topological polar surface area (TPSA) is 56.4 Å². The number of rotatable bonds is 4. The van der Waals surface area contributed by atoms with Crippen LogP contribution in [0.2, 0.25) is 0 Å². The van der Waals surface area contributed by atoms with Crippen LogP contribution in [0.25, 0.3) is 10.9 Å². The van der Waals surface area contributed by atoms with Crippen molar-refractivity contribution in [2.45, 2.75) is 45.7 Å². The molecule has 1 saturated carbocycles. The number of H-pyrrole nitrogens is 1. The lowest BCUT2D eigenvalue weighted by atomic mass is 10.1. The minimum atomic E-state index is 0.0120. The van der Waals surface area contributed by atoms with Crippen LogP contribution < -0.4 is 5.56 Å². The molecule has 5 heteroatoms. The van der Waals surface area contributed by atoms with Crippen LogP contribution in [0, 0.1) is 5.92 Å². The van der Waals surface area contributed by atoms with Crippen molar-refractivity contribution in [3.05, 3.63) is 45.7 Å². The van der Waals surface area contributed by atoms with Crippen molar-refractivity contribution in [1.29, 1.82) is 0 Å². The van der Waals surface area contributed by atoms with Gasteiger partial charge in [0, 0.05) is 49.2 Å². The molecule has 5 nitrogen and oxygen atoms in total. The van der Waals surface area contributed by atoms with E-state index in [0.29, 0.717) is 11.8 Å². The van der Waals surface area contributed by atoms with Crippen LogP contribution >= 0.6 is 0 Å². The number of benzene rings is 1. The fourth-order valence-electron chi connectivity index (χ4n) is 3.98. The fourth-order valence-corrected chi connectivity index (χ4v) is 3.98. The second-order valence-electron chi connectivity index (χ2n) is 7.79. The van der Waals surface area contributed by atoms with E-state index in [9.17, 15) is 9.59 Å². The predicted octanol–water partition coefficient (Wildman–Crippen LogP) is 2.53. The Morgan fingerprint density at radius 2 is 2.04 bits per heavy atom. The standard InChI is InChI=1S/C21H27N3O2/c1-3-16-11-18-5-4-15(10-19(18)22-20(16)25)13-23-8-9-24(14(2)12-23)21(26)17-6-7-17/h4-5,10-11,14,17H,3,6-9,12-13H2,1-2H3,(H,22,25)/t14-/m0/s1. The molecule has 1 N–H and O–H groups in total. The van der Waals surface area contributed by atoms with E-state index in [4.69, 9.17) is 0 Å². The predicted molar refractivity (Wildman–Crippen MR) is 103 cm³/mol. The van der Waals surface area contributed by atoms with E-state index in [1.807, 2.05) is 13.0 Å². The van der Waals surface area contributed by atoms with E-state index >= 15 is 0 Å². The van der Waals surface area contributed by atoms with Crippen LogP contribution in [-0.2, 0) is 17.8 Å². The first kappa shape index (κ1) is 17.3. The molecule has 1 saturated heterocycles. The molecular formula is C21H27N3O2. The first-order valence-electron chi connectivity index (χ1n) is 9.73. The number of aryl methyl sites for hydroxylation is 1. The largest absolute Gasteiger partial charge is 0.337 e. The van der Waals surface area contributed by atoms with E-state index < -0.39 is 0 Å². The van der Waals surface area contributed by atoms with E-state index in [2.05, 4.69) is 39.9 Å². The van der Waals surface area contributed by atoms with Gasteiger partial charge in [-0.15, -0.1) is 0 Å². The molecule has 1 aromatic heterocycles. The molecule has 0 radical (unpaired) electrons. The Kier molecular flexibility index (Phi) is 4.57. The molecule has 2 fully saturated rings. The molecule has 4 rings (SSSR count). The molecular weight excluding hydrogens is 326 g/mol. The number of pyridine rings is 1. The summed E-state index contributed by atoms with van der Waals surface area (Å²) in [4.78, 5) is 31.9. The molecule has 0 spiro atoms. The van der Waals surface area contributed by atoms with Crippen molar-refractivity contribution in [3.63, 3.8) is 0 Å². The Labute approximate surface area is 154 Å². The van der Waals surface area contributed by atoms with Gasteiger partial charge in [0.1, 0.15) is 0 Å². The van der Waals surface area contributed by atoms with Crippen molar-refractivity contribution in [2.24, 2.45) is 5.92 Å². The number of piperazine rings is 1. The molecule has 0 bridgehead atoms. The molecule has 1 atom stereocenters. The summed E-state index contributed by atoms with van der Waals surface area (Å²) in [6.45, 7) is 7.63. The van der Waals surface area contributed by atoms with Crippen molar-refractivity contribution in [1.82, 2.24) is 14.8 Å². The van der Waals surface area contributed by atoms with E-state index in [1.54, 1.807) is 0 Å². The highest BCUT2D eigenvalue weighted by Crippen LogP contribution is 2.32. The number of aromatic nitrogens is 1. The van der Waals surface area contributed by atoms with Gasteiger partial charge < -0.3 is 9.88 Å². The Hall–Kier alpha value is -2.14. The number of hydrogen-bond acceptors (Lipinski definition) is 3. The summed E-state index contributed by atoms with van der Waals surface area (Å²) in [5, 5.41) is 1.08. The lowest BCUT2D eigenvalue weighted by molar-refractivity contribution is -0.137. The number of aromatic amines is 1. The highest BCUT2D eigenvalue weighted by Gasteiger charge is 2.37. The van der Waals surface area contributed by atoms with E-state index in [0.717, 1.165) is 61.9 Å². The van der Waals surface area contributed by atoms with Gasteiger partial charge in [-0.1, -0.05) is 19.1 Å². The smallest absolute Gasteiger partial charge is 0.251 e. The maximum atomic E-state index is 12.3. The average molecular weight is 353 g/mol. The molecule has 1 aromatic carbocycles. The van der Waals surface area contributed by atoms with Crippen LogP contribution in [0.4, 0.5) is 0 Å². The summed E-state index contributed by atoms with van der Waals surface area (Å²) < 4.78 is 0. The quantitative estimate of drug-likeness (QED) is 0.919. The fraction of sp³-hybridized carbons (Fsp3) is 0.524. The van der Waals surface area contributed by atoms with E-state index in [1.165, 1.54) is 5.56 Å². The molecule has 1 amide bonds. The molecule has 2 aromatic rings. The van der Waals surface area contributed by atoms with Gasteiger partial charge in [0.2, 0.25) is 5.91 Å².